The van der Waals surface area contributed by atoms with Crippen LogP contribution in [0.2, 0.25) is 18.6 Å². The summed E-state index contributed by atoms with van der Waals surface area (Å²) in [5, 5.41) is 18.9. The van der Waals surface area contributed by atoms with Gasteiger partial charge >= 0.3 is 0 Å². The van der Waals surface area contributed by atoms with Gasteiger partial charge in [-0.25, -0.2) is 0 Å². The highest BCUT2D eigenvalue weighted by atomic mass is 28.4. The molecule has 3 aliphatic heterocycles. The van der Waals surface area contributed by atoms with Gasteiger partial charge in [0.2, 0.25) is 5.91 Å². The van der Waals surface area contributed by atoms with E-state index >= 15 is 0 Å². The van der Waals surface area contributed by atoms with Crippen molar-refractivity contribution >= 4 is 31.5 Å². The second-order valence-corrected chi connectivity index (χ2v) is 18.6. The fraction of sp³-hybridized carbons (Fsp3) is 0.436. The average molecular weight is 710 g/mol. The summed E-state index contributed by atoms with van der Waals surface area (Å²) in [4.78, 5) is 43.1. The van der Waals surface area contributed by atoms with Crippen molar-refractivity contribution in [3.05, 3.63) is 101 Å². The van der Waals surface area contributed by atoms with Gasteiger partial charge in [-0.15, -0.1) is 5.10 Å². The molecule has 0 aliphatic carbocycles. The van der Waals surface area contributed by atoms with Crippen LogP contribution in [-0.4, -0.2) is 71.4 Å². The van der Waals surface area contributed by atoms with Crippen LogP contribution in [0.4, 0.5) is 11.4 Å². The van der Waals surface area contributed by atoms with Gasteiger partial charge in [0.25, 0.3) is 5.91 Å². The number of aliphatic hydroxyl groups excluding tert-OH is 1. The molecule has 2 saturated heterocycles. The van der Waals surface area contributed by atoms with Crippen molar-refractivity contribution in [1.82, 2.24) is 15.0 Å². The number of carbonyl (C=O) groups excluding carboxylic acids is 2. The summed E-state index contributed by atoms with van der Waals surface area (Å²) >= 11 is 0. The molecule has 1 unspecified atom stereocenters. The lowest BCUT2D eigenvalue weighted by Crippen LogP contribution is -2.46. The van der Waals surface area contributed by atoms with Gasteiger partial charge in [0, 0.05) is 48.4 Å². The molecule has 0 bridgehead atoms. The zero-order valence-corrected chi connectivity index (χ0v) is 30.7. The van der Waals surface area contributed by atoms with Crippen LogP contribution >= 0.6 is 0 Å². The Morgan fingerprint density at radius 2 is 1.86 bits per heavy atom. The lowest BCUT2D eigenvalue weighted by molar-refractivity contribution is -0.146. The van der Waals surface area contributed by atoms with Crippen molar-refractivity contribution < 1.29 is 29.0 Å². The van der Waals surface area contributed by atoms with Crippen LogP contribution < -0.4 is 14.5 Å². The van der Waals surface area contributed by atoms with Crippen molar-refractivity contribution in [1.29, 1.82) is 0 Å². The van der Waals surface area contributed by atoms with Crippen LogP contribution in [0, 0.1) is 5.92 Å². The van der Waals surface area contributed by atoms with Crippen molar-refractivity contribution in [2.45, 2.75) is 82.0 Å². The first-order valence-electron chi connectivity index (χ1n) is 17.9. The molecule has 4 heterocycles. The van der Waals surface area contributed by atoms with Crippen molar-refractivity contribution in [3.8, 4) is 5.75 Å². The minimum atomic E-state index is -2.89. The van der Waals surface area contributed by atoms with E-state index in [1.165, 1.54) is 0 Å². The number of anilines is 2. The van der Waals surface area contributed by atoms with E-state index in [-0.39, 0.29) is 35.8 Å². The number of fused-ring (bicyclic) bond motifs is 2. The Morgan fingerprint density at radius 1 is 1.06 bits per heavy atom. The van der Waals surface area contributed by atoms with Gasteiger partial charge in [-0.05, 0) is 73.8 Å². The van der Waals surface area contributed by atoms with E-state index in [1.807, 2.05) is 104 Å². The summed E-state index contributed by atoms with van der Waals surface area (Å²) in [7, 11) is -1.28. The molecule has 5 atom stereocenters. The van der Waals surface area contributed by atoms with Gasteiger partial charge < -0.3 is 29.2 Å². The monoisotopic (exact) mass is 709 g/mol. The quantitative estimate of drug-likeness (QED) is 0.199. The SMILES string of the molecule is COc1ccc2c(c1)[C@@]1(O[C@H](CCn3cc(C(CO)c4ccccc4)nn3)[C@@H]([Si](C)(C)O)[C@@H]1C)C(=O)N2Cc1cccc(N2CCCCC2=O)c1. The molecule has 2 amide bonds. The third-order valence-electron chi connectivity index (χ3n) is 11.0. The number of aromatic nitrogens is 3. The summed E-state index contributed by atoms with van der Waals surface area (Å²) in [6.45, 7) is 7.22. The normalized spacial score (nSPS) is 24.0. The molecule has 1 spiro atoms. The van der Waals surface area contributed by atoms with Crippen LogP contribution in [0.25, 0.3) is 0 Å². The fourth-order valence-electron chi connectivity index (χ4n) is 8.59. The predicted molar refractivity (Wildman–Crippen MR) is 196 cm³/mol. The Balaban J connectivity index is 1.18. The van der Waals surface area contributed by atoms with E-state index < -0.39 is 20.0 Å². The van der Waals surface area contributed by atoms with Gasteiger partial charge in [-0.2, -0.15) is 0 Å². The number of benzene rings is 3. The van der Waals surface area contributed by atoms with Gasteiger partial charge in [0.05, 0.1) is 43.7 Å². The van der Waals surface area contributed by atoms with Crippen LogP contribution in [0.5, 0.6) is 5.75 Å². The number of hydrogen-bond acceptors (Lipinski definition) is 8. The van der Waals surface area contributed by atoms with E-state index in [2.05, 4.69) is 10.3 Å². The summed E-state index contributed by atoms with van der Waals surface area (Å²) in [5.41, 5.74) is 3.29. The molecule has 51 heavy (non-hydrogen) atoms. The van der Waals surface area contributed by atoms with Crippen LogP contribution in [-0.2, 0) is 33.0 Å². The number of nitrogens with zero attached hydrogens (tertiary/aromatic N) is 5. The maximum Gasteiger partial charge on any atom is 0.264 e. The highest BCUT2D eigenvalue weighted by Gasteiger charge is 2.66. The minimum Gasteiger partial charge on any atom is -0.497 e. The maximum absolute atomic E-state index is 15.0. The first-order valence-corrected chi connectivity index (χ1v) is 20.9. The summed E-state index contributed by atoms with van der Waals surface area (Å²) in [6, 6.07) is 23.3. The molecule has 0 radical (unpaired) electrons. The second-order valence-electron chi connectivity index (χ2n) is 14.6. The first-order chi connectivity index (χ1) is 24.5. The summed E-state index contributed by atoms with van der Waals surface area (Å²) in [6.07, 6.45) is 4.35. The van der Waals surface area contributed by atoms with Crippen LogP contribution in [0.15, 0.2) is 79.0 Å². The molecule has 7 rings (SSSR count). The standard InChI is InChI=1S/C39H47N5O6Si/c1-26-37(51(3,4)48)35(18-20-42-24-33(40-41-42)31(25-45)28-12-6-5-7-13-28)50-39(26)32-22-30(49-2)16-17-34(32)44(38(39)47)23-27-11-10-14-29(21-27)43-19-9-8-15-36(43)46/h5-7,10-14,16-17,21-22,24,26,31,35,37,45,48H,8-9,15,18-20,23,25H2,1-4H3/t26-,31?,35+,37-,39+/m0/s1. The fourth-order valence-corrected chi connectivity index (χ4v) is 11.2. The molecule has 1 aromatic heterocycles. The topological polar surface area (TPSA) is 130 Å². The Bertz CT molecular complexity index is 1900. The largest absolute Gasteiger partial charge is 0.497 e. The number of aliphatic hydroxyl groups is 1. The summed E-state index contributed by atoms with van der Waals surface area (Å²) in [5.74, 6) is -0.0495. The molecule has 0 saturated carbocycles. The van der Waals surface area contributed by atoms with E-state index in [0.717, 1.165) is 40.9 Å². The highest BCUT2D eigenvalue weighted by molar-refractivity contribution is 6.71. The second kappa shape index (κ2) is 14.0. The highest BCUT2D eigenvalue weighted by Crippen LogP contribution is 2.60. The molecule has 2 N–H and O–H groups in total. The third-order valence-corrected chi connectivity index (χ3v) is 13.5. The van der Waals surface area contributed by atoms with E-state index in [9.17, 15) is 19.5 Å². The molecule has 268 valence electrons. The average Bonchev–Trinajstić information content (AvgIpc) is 3.78. The maximum atomic E-state index is 15.0. The lowest BCUT2D eigenvalue weighted by atomic mass is 9.82. The van der Waals surface area contributed by atoms with Gasteiger partial charge in [0.15, 0.2) is 13.9 Å². The number of amides is 2. The zero-order chi connectivity index (χ0) is 35.9. The van der Waals surface area contributed by atoms with E-state index in [4.69, 9.17) is 9.47 Å². The minimum absolute atomic E-state index is 0.0942. The van der Waals surface area contributed by atoms with E-state index in [1.54, 1.807) is 16.7 Å². The number of methoxy groups -OCH3 is 1. The van der Waals surface area contributed by atoms with Crippen molar-refractivity contribution in [2.24, 2.45) is 5.92 Å². The summed E-state index contributed by atoms with van der Waals surface area (Å²) < 4.78 is 14.4. The van der Waals surface area contributed by atoms with Gasteiger partial charge in [-0.3, -0.25) is 14.3 Å². The van der Waals surface area contributed by atoms with Crippen LogP contribution in [0.3, 0.4) is 0 Å². The number of rotatable bonds is 11. The Morgan fingerprint density at radius 3 is 2.59 bits per heavy atom. The Labute approximate surface area is 299 Å². The smallest absolute Gasteiger partial charge is 0.264 e. The van der Waals surface area contributed by atoms with Gasteiger partial charge in [-0.1, -0.05) is 54.6 Å². The molecular weight excluding hydrogens is 663 g/mol. The molecule has 2 fully saturated rings. The third kappa shape index (κ3) is 6.39. The van der Waals surface area contributed by atoms with Gasteiger partial charge in [0.1, 0.15) is 5.75 Å². The predicted octanol–water partition coefficient (Wildman–Crippen LogP) is 5.36. The number of ether oxygens (including phenoxy) is 2. The van der Waals surface area contributed by atoms with Crippen molar-refractivity contribution in [3.63, 3.8) is 0 Å². The first kappa shape index (κ1) is 35.1. The molecule has 12 heteroatoms. The zero-order valence-electron chi connectivity index (χ0n) is 29.7. The van der Waals surface area contributed by atoms with E-state index in [0.29, 0.717) is 43.9 Å². The van der Waals surface area contributed by atoms with Crippen molar-refractivity contribution in [2.75, 3.05) is 30.1 Å². The number of aryl methyl sites for hydroxylation is 1. The number of carbonyl (C=O) groups is 2. The van der Waals surface area contributed by atoms with Crippen LogP contribution in [0.1, 0.15) is 60.9 Å². The molecule has 3 aromatic carbocycles. The lowest BCUT2D eigenvalue weighted by Gasteiger charge is -2.32. The number of hydrogen-bond donors (Lipinski definition) is 2. The molecular formula is C39H47N5O6Si. The molecule has 11 nitrogen and oxygen atoms in total. The molecule has 4 aromatic rings. The Kier molecular flexibility index (Phi) is 9.61. The Hall–Kier alpha value is -4.36. The number of piperidine rings is 1. The molecule has 3 aliphatic rings.